The summed E-state index contributed by atoms with van der Waals surface area (Å²) in [6.45, 7) is 1.37. The molecule has 20 heavy (non-hydrogen) atoms. The van der Waals surface area contributed by atoms with Crippen LogP contribution in [-0.2, 0) is 10.0 Å². The number of anilines is 1. The van der Waals surface area contributed by atoms with Crippen molar-refractivity contribution in [2.45, 2.75) is 23.1 Å². The van der Waals surface area contributed by atoms with Gasteiger partial charge in [0.05, 0.1) is 0 Å². The minimum atomic E-state index is -3.37. The predicted octanol–water partition coefficient (Wildman–Crippen LogP) is 2.15. The number of thiophene rings is 1. The molecule has 5 nitrogen and oxygen atoms in total. The van der Waals surface area contributed by atoms with Crippen LogP contribution in [0.5, 0.6) is 0 Å². The molecule has 1 aliphatic rings. The van der Waals surface area contributed by atoms with Gasteiger partial charge in [-0.3, -0.25) is 0 Å². The summed E-state index contributed by atoms with van der Waals surface area (Å²) in [7, 11) is -3.37. The van der Waals surface area contributed by atoms with Crippen molar-refractivity contribution >= 4 is 37.8 Å². The van der Waals surface area contributed by atoms with Gasteiger partial charge in [-0.1, -0.05) is 6.07 Å². The van der Waals surface area contributed by atoms with Crippen LogP contribution in [0.4, 0.5) is 5.13 Å². The largest absolute Gasteiger partial charge is 0.344 e. The maximum Gasteiger partial charge on any atom is 0.250 e. The van der Waals surface area contributed by atoms with Gasteiger partial charge in [0.1, 0.15) is 4.21 Å². The summed E-state index contributed by atoms with van der Waals surface area (Å²) in [6, 6.07) is 3.56. The van der Waals surface area contributed by atoms with E-state index in [2.05, 4.69) is 14.6 Å². The van der Waals surface area contributed by atoms with Crippen LogP contribution >= 0.6 is 22.7 Å². The normalized spacial score (nSPS) is 19.6. The highest BCUT2D eigenvalue weighted by Gasteiger charge is 2.28. The van der Waals surface area contributed by atoms with Crippen molar-refractivity contribution in [1.82, 2.24) is 9.71 Å². The van der Waals surface area contributed by atoms with Crippen LogP contribution in [0.2, 0.25) is 0 Å². The molecule has 0 aromatic carbocycles. The molecule has 2 aromatic rings. The summed E-state index contributed by atoms with van der Waals surface area (Å²) in [6.07, 6.45) is 3.85. The second-order valence-electron chi connectivity index (χ2n) is 4.59. The van der Waals surface area contributed by atoms with Gasteiger partial charge < -0.3 is 4.90 Å². The molecule has 0 radical (unpaired) electrons. The Morgan fingerprint density at radius 3 is 3.00 bits per heavy atom. The molecule has 1 fully saturated rings. The maximum absolute atomic E-state index is 12.1. The number of hydrogen-bond donors (Lipinski definition) is 1. The van der Waals surface area contributed by atoms with E-state index < -0.39 is 10.0 Å². The Hall–Kier alpha value is -0.960. The second kappa shape index (κ2) is 5.80. The van der Waals surface area contributed by atoms with Gasteiger partial charge in [0, 0.05) is 30.7 Å². The van der Waals surface area contributed by atoms with Crippen LogP contribution in [0.15, 0.2) is 33.3 Å². The lowest BCUT2D eigenvalue weighted by Gasteiger charge is -2.24. The molecule has 0 spiro atoms. The first-order valence-corrected chi connectivity index (χ1v) is 9.60. The molecule has 3 heterocycles. The van der Waals surface area contributed by atoms with Gasteiger partial charge in [0.25, 0.3) is 0 Å². The van der Waals surface area contributed by atoms with E-state index in [0.717, 1.165) is 24.5 Å². The van der Waals surface area contributed by atoms with Gasteiger partial charge in [-0.25, -0.2) is 18.1 Å². The molecule has 2 aromatic heterocycles. The van der Waals surface area contributed by atoms with Crippen molar-refractivity contribution in [1.29, 1.82) is 0 Å². The minimum Gasteiger partial charge on any atom is -0.344 e. The van der Waals surface area contributed by atoms with Crippen molar-refractivity contribution in [2.24, 2.45) is 0 Å². The Kier molecular flexibility index (Phi) is 4.06. The molecule has 1 N–H and O–H groups in total. The number of thiazole rings is 1. The first-order valence-electron chi connectivity index (χ1n) is 6.36. The van der Waals surface area contributed by atoms with Crippen molar-refractivity contribution < 1.29 is 8.42 Å². The van der Waals surface area contributed by atoms with Crippen molar-refractivity contribution in [2.75, 3.05) is 18.0 Å². The van der Waals surface area contributed by atoms with E-state index in [1.165, 1.54) is 11.3 Å². The highest BCUT2D eigenvalue weighted by atomic mass is 32.2. The zero-order chi connectivity index (χ0) is 14.0. The van der Waals surface area contributed by atoms with Gasteiger partial charge in [0.15, 0.2) is 5.13 Å². The van der Waals surface area contributed by atoms with Gasteiger partial charge in [-0.15, -0.1) is 22.7 Å². The molecule has 8 heteroatoms. The highest BCUT2D eigenvalue weighted by Crippen LogP contribution is 2.27. The Bertz CT molecular complexity index is 638. The van der Waals surface area contributed by atoms with E-state index >= 15 is 0 Å². The van der Waals surface area contributed by atoms with Crippen LogP contribution in [0, 0.1) is 0 Å². The molecule has 3 rings (SSSR count). The summed E-state index contributed by atoms with van der Waals surface area (Å²) in [5.74, 6) is 0. The number of aromatic nitrogens is 1. The molecule has 108 valence electrons. The lowest BCUT2D eigenvalue weighted by Crippen LogP contribution is -2.40. The number of nitrogens with zero attached hydrogens (tertiary/aromatic N) is 2. The topological polar surface area (TPSA) is 62.3 Å². The zero-order valence-electron chi connectivity index (χ0n) is 10.7. The molecule has 1 aliphatic heterocycles. The third-order valence-corrected chi connectivity index (χ3v) is 6.94. The van der Waals surface area contributed by atoms with E-state index in [1.807, 2.05) is 5.38 Å². The van der Waals surface area contributed by atoms with Crippen LogP contribution in [0.25, 0.3) is 0 Å². The SMILES string of the molecule is O=S(=O)(NC[C@@H]1CCCN1c1nccs1)c1cccs1. The smallest absolute Gasteiger partial charge is 0.250 e. The second-order valence-corrected chi connectivity index (χ2v) is 8.40. The van der Waals surface area contributed by atoms with Crippen molar-refractivity contribution in [3.8, 4) is 0 Å². The number of hydrogen-bond acceptors (Lipinski definition) is 6. The summed E-state index contributed by atoms with van der Waals surface area (Å²) >= 11 is 2.83. The molecule has 1 atom stereocenters. The fourth-order valence-electron chi connectivity index (χ4n) is 2.35. The van der Waals surface area contributed by atoms with E-state index in [-0.39, 0.29) is 6.04 Å². The molecule has 0 aliphatic carbocycles. The monoisotopic (exact) mass is 329 g/mol. The lowest BCUT2D eigenvalue weighted by atomic mass is 10.2. The molecule has 1 saturated heterocycles. The third-order valence-electron chi connectivity index (χ3n) is 3.31. The van der Waals surface area contributed by atoms with Gasteiger partial charge >= 0.3 is 0 Å². The van der Waals surface area contributed by atoms with Crippen molar-refractivity contribution in [3.05, 3.63) is 29.1 Å². The first kappa shape index (κ1) is 14.0. The van der Waals surface area contributed by atoms with E-state index in [1.54, 1.807) is 35.0 Å². The van der Waals surface area contributed by atoms with Gasteiger partial charge in [0.2, 0.25) is 10.0 Å². The molecule has 0 amide bonds. The Labute approximate surface area is 126 Å². The van der Waals surface area contributed by atoms with Gasteiger partial charge in [-0.05, 0) is 24.3 Å². The fraction of sp³-hybridized carbons (Fsp3) is 0.417. The van der Waals surface area contributed by atoms with Crippen LogP contribution in [-0.4, -0.2) is 32.5 Å². The molecular formula is C12H15N3O2S3. The molecule has 0 saturated carbocycles. The Balaban J connectivity index is 1.66. The molecule has 0 unspecified atom stereocenters. The third kappa shape index (κ3) is 2.88. The minimum absolute atomic E-state index is 0.191. The van der Waals surface area contributed by atoms with Crippen LogP contribution in [0.3, 0.4) is 0 Å². The van der Waals surface area contributed by atoms with E-state index in [9.17, 15) is 8.42 Å². The fourth-order valence-corrected chi connectivity index (χ4v) is 5.20. The number of rotatable bonds is 5. The Morgan fingerprint density at radius 2 is 2.30 bits per heavy atom. The molecule has 0 bridgehead atoms. The average Bonchev–Trinajstić information content (AvgIpc) is 3.16. The van der Waals surface area contributed by atoms with E-state index in [0.29, 0.717) is 10.8 Å². The maximum atomic E-state index is 12.1. The number of nitrogens with one attached hydrogen (secondary N) is 1. The summed E-state index contributed by atoms with van der Waals surface area (Å²) < 4.78 is 27.3. The van der Waals surface area contributed by atoms with Crippen LogP contribution in [0.1, 0.15) is 12.8 Å². The predicted molar refractivity (Wildman–Crippen MR) is 82.0 cm³/mol. The number of sulfonamides is 1. The van der Waals surface area contributed by atoms with Crippen molar-refractivity contribution in [3.63, 3.8) is 0 Å². The Morgan fingerprint density at radius 1 is 1.40 bits per heavy atom. The van der Waals surface area contributed by atoms with Gasteiger partial charge in [-0.2, -0.15) is 0 Å². The standard InChI is InChI=1S/C12H15N3O2S3/c16-20(17,11-4-2-7-18-11)14-9-10-3-1-6-15(10)12-13-5-8-19-12/h2,4-5,7-8,10,14H,1,3,6,9H2/t10-/m0/s1. The van der Waals surface area contributed by atoms with E-state index in [4.69, 9.17) is 0 Å². The first-order chi connectivity index (χ1) is 9.67. The zero-order valence-corrected chi connectivity index (χ0v) is 13.2. The summed E-state index contributed by atoms with van der Waals surface area (Å²) in [5.41, 5.74) is 0. The highest BCUT2D eigenvalue weighted by molar-refractivity contribution is 7.91. The molecular weight excluding hydrogens is 314 g/mol. The summed E-state index contributed by atoms with van der Waals surface area (Å²) in [4.78, 5) is 6.51. The average molecular weight is 329 g/mol. The summed E-state index contributed by atoms with van der Waals surface area (Å²) in [5, 5.41) is 4.69. The lowest BCUT2D eigenvalue weighted by molar-refractivity contribution is 0.569. The van der Waals surface area contributed by atoms with Crippen LogP contribution < -0.4 is 9.62 Å². The quantitative estimate of drug-likeness (QED) is 0.913.